The summed E-state index contributed by atoms with van der Waals surface area (Å²) in [5, 5.41) is 12.7. The summed E-state index contributed by atoms with van der Waals surface area (Å²) in [6.07, 6.45) is -0.745. The molecule has 0 aromatic heterocycles. The largest absolute Gasteiger partial charge is 0.495 e. The number of benzene rings is 2. The molecule has 0 saturated heterocycles. The lowest BCUT2D eigenvalue weighted by atomic mass is 10.1. The van der Waals surface area contributed by atoms with Crippen LogP contribution in [-0.4, -0.2) is 24.7 Å². The Balaban J connectivity index is 1.99. The van der Waals surface area contributed by atoms with Gasteiger partial charge in [0.2, 0.25) is 0 Å². The molecule has 0 radical (unpaired) electrons. The van der Waals surface area contributed by atoms with E-state index >= 15 is 0 Å². The molecule has 2 aromatic carbocycles. The summed E-state index contributed by atoms with van der Waals surface area (Å²) in [5.74, 6) is 0.162. The smallest absolute Gasteiger partial charge is 0.251 e. The number of carbonyl (C=O) groups is 1. The lowest BCUT2D eigenvalue weighted by molar-refractivity contribution is 0.0916. The molecule has 1 atom stereocenters. The van der Waals surface area contributed by atoms with Crippen LogP contribution in [0.25, 0.3) is 0 Å². The Bertz CT molecular complexity index is 614. The van der Waals surface area contributed by atoms with Crippen LogP contribution >= 0.6 is 0 Å². The molecule has 5 heteroatoms. The monoisotopic (exact) mass is 286 g/mol. The maximum absolute atomic E-state index is 12.0. The van der Waals surface area contributed by atoms with Gasteiger partial charge in [0.25, 0.3) is 5.91 Å². The third-order valence-corrected chi connectivity index (χ3v) is 3.14. The van der Waals surface area contributed by atoms with Gasteiger partial charge in [-0.1, -0.05) is 30.3 Å². The van der Waals surface area contributed by atoms with Crippen molar-refractivity contribution in [1.29, 1.82) is 0 Å². The van der Waals surface area contributed by atoms with E-state index in [1.807, 2.05) is 30.3 Å². The standard InChI is InChI=1S/C16H18N2O3/c1-21-15-9-12(7-8-13(15)17)16(20)18-10-14(19)11-5-3-2-4-6-11/h2-9,14,19H,10,17H2,1H3,(H,18,20). The zero-order chi connectivity index (χ0) is 15.2. The second-order valence-corrected chi connectivity index (χ2v) is 4.59. The molecule has 0 heterocycles. The van der Waals surface area contributed by atoms with Gasteiger partial charge in [-0.3, -0.25) is 4.79 Å². The molecule has 4 N–H and O–H groups in total. The summed E-state index contributed by atoms with van der Waals surface area (Å²) >= 11 is 0. The molecule has 0 bridgehead atoms. The summed E-state index contributed by atoms with van der Waals surface area (Å²) < 4.78 is 5.08. The van der Waals surface area contributed by atoms with Gasteiger partial charge in [-0.25, -0.2) is 0 Å². The molecule has 0 aliphatic carbocycles. The molecule has 1 amide bonds. The second-order valence-electron chi connectivity index (χ2n) is 4.59. The minimum atomic E-state index is -0.745. The van der Waals surface area contributed by atoms with Crippen molar-refractivity contribution in [1.82, 2.24) is 5.32 Å². The molecule has 0 aliphatic rings. The number of carbonyl (C=O) groups excluding carboxylic acids is 1. The molecule has 2 rings (SSSR count). The number of anilines is 1. The number of hydrogen-bond donors (Lipinski definition) is 3. The second kappa shape index (κ2) is 6.76. The summed E-state index contributed by atoms with van der Waals surface area (Å²) in [4.78, 5) is 12.0. The van der Waals surface area contributed by atoms with Crippen molar-refractivity contribution in [2.75, 3.05) is 19.4 Å². The van der Waals surface area contributed by atoms with Gasteiger partial charge in [-0.2, -0.15) is 0 Å². The fraction of sp³-hybridized carbons (Fsp3) is 0.188. The number of amides is 1. The van der Waals surface area contributed by atoms with E-state index in [0.717, 1.165) is 5.56 Å². The Labute approximate surface area is 123 Å². The van der Waals surface area contributed by atoms with Gasteiger partial charge in [0, 0.05) is 12.1 Å². The lowest BCUT2D eigenvalue weighted by Crippen LogP contribution is -2.28. The predicted octanol–water partition coefficient (Wildman–Crippen LogP) is 1.74. The maximum atomic E-state index is 12.0. The number of rotatable bonds is 5. The first-order chi connectivity index (χ1) is 10.1. The first-order valence-corrected chi connectivity index (χ1v) is 6.56. The van der Waals surface area contributed by atoms with Crippen LogP contribution in [0.2, 0.25) is 0 Å². The van der Waals surface area contributed by atoms with Crippen LogP contribution < -0.4 is 15.8 Å². The molecule has 0 spiro atoms. The number of aliphatic hydroxyl groups excluding tert-OH is 1. The number of nitrogen functional groups attached to an aromatic ring is 1. The average molecular weight is 286 g/mol. The van der Waals surface area contributed by atoms with E-state index in [1.54, 1.807) is 18.2 Å². The summed E-state index contributed by atoms with van der Waals surface area (Å²) in [6, 6.07) is 14.0. The number of aliphatic hydroxyl groups is 1. The molecule has 0 fully saturated rings. The zero-order valence-corrected chi connectivity index (χ0v) is 11.7. The minimum Gasteiger partial charge on any atom is -0.495 e. The van der Waals surface area contributed by atoms with Crippen molar-refractivity contribution in [2.24, 2.45) is 0 Å². The van der Waals surface area contributed by atoms with Gasteiger partial charge in [0.15, 0.2) is 0 Å². The van der Waals surface area contributed by atoms with Crippen molar-refractivity contribution in [3.8, 4) is 5.75 Å². The Morgan fingerprint density at radius 2 is 2.00 bits per heavy atom. The van der Waals surface area contributed by atoms with Crippen LogP contribution in [0.15, 0.2) is 48.5 Å². The van der Waals surface area contributed by atoms with E-state index in [1.165, 1.54) is 7.11 Å². The molecule has 0 saturated carbocycles. The van der Waals surface area contributed by atoms with E-state index in [2.05, 4.69) is 5.32 Å². The Kier molecular flexibility index (Phi) is 4.79. The Morgan fingerprint density at radius 3 is 2.67 bits per heavy atom. The quantitative estimate of drug-likeness (QED) is 0.731. The van der Waals surface area contributed by atoms with Crippen LogP contribution in [0.4, 0.5) is 5.69 Å². The van der Waals surface area contributed by atoms with Crippen molar-refractivity contribution in [2.45, 2.75) is 6.10 Å². The van der Waals surface area contributed by atoms with Crippen molar-refractivity contribution in [3.63, 3.8) is 0 Å². The van der Waals surface area contributed by atoms with Crippen LogP contribution in [0.5, 0.6) is 5.75 Å². The SMILES string of the molecule is COc1cc(C(=O)NCC(O)c2ccccc2)ccc1N. The molecule has 0 aliphatic heterocycles. The van der Waals surface area contributed by atoms with Crippen molar-refractivity contribution in [3.05, 3.63) is 59.7 Å². The molecule has 1 unspecified atom stereocenters. The number of nitrogens with one attached hydrogen (secondary N) is 1. The van der Waals surface area contributed by atoms with Gasteiger partial charge < -0.3 is 20.9 Å². The highest BCUT2D eigenvalue weighted by molar-refractivity contribution is 5.95. The van der Waals surface area contributed by atoms with Crippen molar-refractivity contribution < 1.29 is 14.6 Å². The molecule has 21 heavy (non-hydrogen) atoms. The van der Waals surface area contributed by atoms with Gasteiger partial charge in [-0.05, 0) is 23.8 Å². The van der Waals surface area contributed by atoms with Gasteiger partial charge in [0.05, 0.1) is 18.9 Å². The first-order valence-electron chi connectivity index (χ1n) is 6.56. The summed E-state index contributed by atoms with van der Waals surface area (Å²) in [5.41, 5.74) is 7.36. The normalized spacial score (nSPS) is 11.7. The van der Waals surface area contributed by atoms with Crippen LogP contribution in [0.1, 0.15) is 22.0 Å². The van der Waals surface area contributed by atoms with Crippen LogP contribution in [-0.2, 0) is 0 Å². The van der Waals surface area contributed by atoms with Crippen LogP contribution in [0, 0.1) is 0 Å². The van der Waals surface area contributed by atoms with E-state index in [0.29, 0.717) is 17.0 Å². The van der Waals surface area contributed by atoms with Crippen LogP contribution in [0.3, 0.4) is 0 Å². The molecule has 5 nitrogen and oxygen atoms in total. The first kappa shape index (κ1) is 14.9. The highest BCUT2D eigenvalue weighted by atomic mass is 16.5. The van der Waals surface area contributed by atoms with Gasteiger partial charge in [-0.15, -0.1) is 0 Å². The number of nitrogens with two attached hydrogens (primary N) is 1. The molecule has 110 valence electrons. The summed E-state index contributed by atoms with van der Waals surface area (Å²) in [7, 11) is 1.49. The fourth-order valence-electron chi connectivity index (χ4n) is 1.94. The third kappa shape index (κ3) is 3.73. The zero-order valence-electron chi connectivity index (χ0n) is 11.7. The Morgan fingerprint density at radius 1 is 1.29 bits per heavy atom. The molecule has 2 aromatic rings. The van der Waals surface area contributed by atoms with Gasteiger partial charge >= 0.3 is 0 Å². The predicted molar refractivity (Wildman–Crippen MR) is 81.1 cm³/mol. The number of methoxy groups -OCH3 is 1. The minimum absolute atomic E-state index is 0.134. The van der Waals surface area contributed by atoms with E-state index in [9.17, 15) is 9.90 Å². The molecular weight excluding hydrogens is 268 g/mol. The Hall–Kier alpha value is -2.53. The topological polar surface area (TPSA) is 84.6 Å². The van der Waals surface area contributed by atoms with E-state index < -0.39 is 6.10 Å². The maximum Gasteiger partial charge on any atom is 0.251 e. The summed E-state index contributed by atoms with van der Waals surface area (Å²) in [6.45, 7) is 0.134. The number of hydrogen-bond acceptors (Lipinski definition) is 4. The van der Waals surface area contributed by atoms with Crippen molar-refractivity contribution >= 4 is 11.6 Å². The highest BCUT2D eigenvalue weighted by Gasteiger charge is 2.12. The highest BCUT2D eigenvalue weighted by Crippen LogP contribution is 2.22. The van der Waals surface area contributed by atoms with E-state index in [-0.39, 0.29) is 12.5 Å². The lowest BCUT2D eigenvalue weighted by Gasteiger charge is -2.13. The third-order valence-electron chi connectivity index (χ3n) is 3.14. The molecular formula is C16H18N2O3. The average Bonchev–Trinajstić information content (AvgIpc) is 2.53. The van der Waals surface area contributed by atoms with Gasteiger partial charge in [0.1, 0.15) is 5.75 Å². The number of ether oxygens (including phenoxy) is 1. The fourth-order valence-corrected chi connectivity index (χ4v) is 1.94. The van der Waals surface area contributed by atoms with E-state index in [4.69, 9.17) is 10.5 Å².